The Kier molecular flexibility index (Phi) is 9.34. The SMILES string of the molecule is Cl.Cl.O=C(NCC1CNCC1O)c1ncccc1OCC(F)(F)F. The van der Waals surface area contributed by atoms with Gasteiger partial charge in [0.25, 0.3) is 5.91 Å². The summed E-state index contributed by atoms with van der Waals surface area (Å²) in [5.74, 6) is -1.02. The normalized spacial score (nSPS) is 19.8. The minimum absolute atomic E-state index is 0. The second kappa shape index (κ2) is 9.87. The largest absolute Gasteiger partial charge is 0.482 e. The average molecular weight is 392 g/mol. The minimum Gasteiger partial charge on any atom is -0.482 e. The van der Waals surface area contributed by atoms with Gasteiger partial charge in [-0.15, -0.1) is 24.8 Å². The molecule has 1 saturated heterocycles. The molecule has 1 fully saturated rings. The van der Waals surface area contributed by atoms with Gasteiger partial charge in [-0.2, -0.15) is 13.2 Å². The number of aliphatic hydroxyl groups excluding tert-OH is 1. The summed E-state index contributed by atoms with van der Waals surface area (Å²) < 4.78 is 41.2. The summed E-state index contributed by atoms with van der Waals surface area (Å²) in [7, 11) is 0. The van der Waals surface area contributed by atoms with Crippen molar-refractivity contribution in [2.45, 2.75) is 12.3 Å². The van der Waals surface area contributed by atoms with Crippen LogP contribution in [0, 0.1) is 5.92 Å². The van der Waals surface area contributed by atoms with E-state index >= 15 is 0 Å². The molecule has 0 saturated carbocycles. The number of aromatic nitrogens is 1. The molecule has 2 rings (SSSR count). The fourth-order valence-corrected chi connectivity index (χ4v) is 2.07. The molecule has 138 valence electrons. The summed E-state index contributed by atoms with van der Waals surface area (Å²) in [4.78, 5) is 15.8. The van der Waals surface area contributed by atoms with E-state index in [9.17, 15) is 23.1 Å². The monoisotopic (exact) mass is 391 g/mol. The zero-order valence-corrected chi connectivity index (χ0v) is 14.0. The summed E-state index contributed by atoms with van der Waals surface area (Å²) in [5.41, 5.74) is -0.216. The molecule has 1 aliphatic heterocycles. The van der Waals surface area contributed by atoms with E-state index in [0.29, 0.717) is 13.1 Å². The highest BCUT2D eigenvalue weighted by atomic mass is 35.5. The number of amides is 1. The first-order valence-corrected chi connectivity index (χ1v) is 6.68. The molecule has 2 heterocycles. The van der Waals surface area contributed by atoms with Gasteiger partial charge in [0.05, 0.1) is 6.10 Å². The molecule has 3 N–H and O–H groups in total. The number of rotatable bonds is 5. The van der Waals surface area contributed by atoms with Crippen LogP contribution in [0.3, 0.4) is 0 Å². The highest BCUT2D eigenvalue weighted by Gasteiger charge is 2.30. The quantitative estimate of drug-likeness (QED) is 0.701. The lowest BCUT2D eigenvalue weighted by atomic mass is 10.1. The maximum Gasteiger partial charge on any atom is 0.422 e. The molecule has 0 bridgehead atoms. The van der Waals surface area contributed by atoms with Crippen LogP contribution in [-0.4, -0.2) is 54.5 Å². The molecule has 1 aliphatic rings. The number of halogens is 5. The van der Waals surface area contributed by atoms with Crippen LogP contribution in [0.4, 0.5) is 13.2 Å². The summed E-state index contributed by atoms with van der Waals surface area (Å²) in [6, 6.07) is 2.63. The number of hydrogen-bond acceptors (Lipinski definition) is 5. The van der Waals surface area contributed by atoms with Crippen LogP contribution in [0.25, 0.3) is 0 Å². The second-order valence-electron chi connectivity index (χ2n) is 4.95. The Labute approximate surface area is 149 Å². The van der Waals surface area contributed by atoms with E-state index in [1.807, 2.05) is 0 Å². The number of carbonyl (C=O) groups excluding carboxylic acids is 1. The third-order valence-corrected chi connectivity index (χ3v) is 3.21. The number of hydrogen-bond donors (Lipinski definition) is 3. The Balaban J connectivity index is 0.00000264. The van der Waals surface area contributed by atoms with Crippen LogP contribution >= 0.6 is 24.8 Å². The molecule has 0 radical (unpaired) electrons. The Bertz CT molecular complexity index is 535. The Morgan fingerprint density at radius 2 is 2.12 bits per heavy atom. The number of aliphatic hydroxyl groups is 1. The van der Waals surface area contributed by atoms with E-state index in [0.717, 1.165) is 0 Å². The number of alkyl halides is 3. The number of β-amino-alcohol motifs (C(OH)–C–C–N with tert-alkyl or cyclic N) is 1. The van der Waals surface area contributed by atoms with Crippen molar-refractivity contribution in [3.05, 3.63) is 24.0 Å². The molecule has 2 unspecified atom stereocenters. The lowest BCUT2D eigenvalue weighted by Crippen LogP contribution is -2.35. The number of carbonyl (C=O) groups is 1. The second-order valence-corrected chi connectivity index (χ2v) is 4.95. The smallest absolute Gasteiger partial charge is 0.422 e. The predicted molar refractivity (Wildman–Crippen MR) is 85.0 cm³/mol. The maximum absolute atomic E-state index is 12.2. The number of pyridine rings is 1. The molecule has 24 heavy (non-hydrogen) atoms. The van der Waals surface area contributed by atoms with Gasteiger partial charge in [-0.3, -0.25) is 4.79 Å². The minimum atomic E-state index is -4.50. The molecule has 11 heteroatoms. The average Bonchev–Trinajstić information content (AvgIpc) is 2.87. The molecule has 0 spiro atoms. The zero-order chi connectivity index (χ0) is 16.2. The van der Waals surface area contributed by atoms with E-state index in [1.54, 1.807) is 0 Å². The zero-order valence-electron chi connectivity index (χ0n) is 12.4. The van der Waals surface area contributed by atoms with Crippen LogP contribution < -0.4 is 15.4 Å². The van der Waals surface area contributed by atoms with Crippen LogP contribution in [0.1, 0.15) is 10.5 Å². The van der Waals surface area contributed by atoms with Gasteiger partial charge in [0.1, 0.15) is 0 Å². The van der Waals surface area contributed by atoms with Gasteiger partial charge in [-0.25, -0.2) is 4.98 Å². The highest BCUT2D eigenvalue weighted by molar-refractivity contribution is 5.94. The van der Waals surface area contributed by atoms with E-state index in [4.69, 9.17) is 0 Å². The van der Waals surface area contributed by atoms with E-state index in [1.165, 1.54) is 18.3 Å². The van der Waals surface area contributed by atoms with Crippen LogP contribution in [0.15, 0.2) is 18.3 Å². The Morgan fingerprint density at radius 3 is 2.71 bits per heavy atom. The molecule has 0 aliphatic carbocycles. The van der Waals surface area contributed by atoms with Gasteiger partial charge >= 0.3 is 6.18 Å². The van der Waals surface area contributed by atoms with Gasteiger partial charge in [-0.05, 0) is 12.1 Å². The van der Waals surface area contributed by atoms with E-state index in [2.05, 4.69) is 20.4 Å². The summed E-state index contributed by atoms with van der Waals surface area (Å²) in [5, 5.41) is 15.1. The fourth-order valence-electron chi connectivity index (χ4n) is 2.07. The fraction of sp³-hybridized carbons (Fsp3) is 0.538. The number of nitrogens with zero attached hydrogens (tertiary/aromatic N) is 1. The standard InChI is InChI=1S/C13H16F3N3O3.2ClH/c14-13(15,16)7-22-10-2-1-3-18-11(10)12(21)19-5-8-4-17-6-9(8)20;;/h1-3,8-9,17,20H,4-7H2,(H,19,21);2*1H. The van der Waals surface area contributed by atoms with Crippen LogP contribution in [-0.2, 0) is 0 Å². The van der Waals surface area contributed by atoms with Crippen molar-refractivity contribution in [1.29, 1.82) is 0 Å². The number of ether oxygens (including phenoxy) is 1. The molecule has 6 nitrogen and oxygen atoms in total. The lowest BCUT2D eigenvalue weighted by molar-refractivity contribution is -0.153. The molecule has 2 atom stereocenters. The van der Waals surface area contributed by atoms with Gasteiger partial charge in [-0.1, -0.05) is 0 Å². The third-order valence-electron chi connectivity index (χ3n) is 3.21. The topological polar surface area (TPSA) is 83.5 Å². The Morgan fingerprint density at radius 1 is 1.42 bits per heavy atom. The molecule has 1 amide bonds. The van der Waals surface area contributed by atoms with Crippen molar-refractivity contribution in [2.75, 3.05) is 26.2 Å². The maximum atomic E-state index is 12.2. The Hall–Kier alpha value is -1.29. The third kappa shape index (κ3) is 6.68. The molecule has 1 aromatic rings. The molecule has 0 aromatic carbocycles. The van der Waals surface area contributed by atoms with Crippen LogP contribution in [0.2, 0.25) is 0 Å². The molecular weight excluding hydrogens is 374 g/mol. The highest BCUT2D eigenvalue weighted by Crippen LogP contribution is 2.20. The summed E-state index contributed by atoms with van der Waals surface area (Å²) >= 11 is 0. The van der Waals surface area contributed by atoms with Crippen molar-refractivity contribution in [2.24, 2.45) is 5.92 Å². The van der Waals surface area contributed by atoms with Crippen molar-refractivity contribution in [1.82, 2.24) is 15.6 Å². The van der Waals surface area contributed by atoms with Crippen molar-refractivity contribution >= 4 is 30.7 Å². The van der Waals surface area contributed by atoms with Crippen molar-refractivity contribution in [3.63, 3.8) is 0 Å². The van der Waals surface area contributed by atoms with Gasteiger partial charge < -0.3 is 20.5 Å². The van der Waals surface area contributed by atoms with Crippen molar-refractivity contribution in [3.8, 4) is 5.75 Å². The first kappa shape index (κ1) is 22.7. The van der Waals surface area contributed by atoms with Crippen LogP contribution in [0.5, 0.6) is 5.75 Å². The summed E-state index contributed by atoms with van der Waals surface area (Å²) in [6.45, 7) is -0.294. The number of nitrogens with one attached hydrogen (secondary N) is 2. The van der Waals surface area contributed by atoms with Gasteiger partial charge in [0.15, 0.2) is 18.1 Å². The van der Waals surface area contributed by atoms with E-state index in [-0.39, 0.29) is 48.7 Å². The van der Waals surface area contributed by atoms with E-state index < -0.39 is 24.8 Å². The molecule has 1 aromatic heterocycles. The molecular formula is C13H18Cl2F3N3O3. The van der Waals surface area contributed by atoms with Crippen molar-refractivity contribution < 1.29 is 27.8 Å². The first-order valence-electron chi connectivity index (χ1n) is 6.68. The lowest BCUT2D eigenvalue weighted by Gasteiger charge is -2.15. The van der Waals surface area contributed by atoms with Gasteiger partial charge in [0, 0.05) is 31.7 Å². The first-order chi connectivity index (χ1) is 10.4. The predicted octanol–water partition coefficient (Wildman–Crippen LogP) is 1.18. The van der Waals surface area contributed by atoms with Gasteiger partial charge in [0.2, 0.25) is 0 Å². The summed E-state index contributed by atoms with van der Waals surface area (Å²) in [6.07, 6.45) is -3.77.